The maximum absolute atomic E-state index is 13.0. The summed E-state index contributed by atoms with van der Waals surface area (Å²) >= 11 is 0. The van der Waals surface area contributed by atoms with E-state index in [1.165, 1.54) is 6.33 Å². The van der Waals surface area contributed by atoms with Crippen LogP contribution in [-0.2, 0) is 25.7 Å². The van der Waals surface area contributed by atoms with Gasteiger partial charge in [-0.15, -0.1) is 0 Å². The van der Waals surface area contributed by atoms with Crippen molar-refractivity contribution < 1.29 is 19.2 Å². The van der Waals surface area contributed by atoms with E-state index in [9.17, 15) is 19.2 Å². The topological polar surface area (TPSA) is 140 Å². The molecule has 2 aliphatic rings. The molecule has 0 bridgehead atoms. The van der Waals surface area contributed by atoms with E-state index < -0.39 is 6.04 Å². The standard InChI is InChI=1S/C50H48N6O4/c51-48-46-45(39-21-8-3-9-22-39)47(40-23-10-4-11-24-40)56(49(46)54-35-53-48)32-37-19-14-18-36(31-37)17-6-1-2-13-29-52-44(59)28-12-5-7-20-38-25-15-27-42-43(38)33-55(50(42)60)41(34-58)26-16-30-57/h3-4,8-11,14,18-19,21-25,30-31,34-35,41H,1-2,5,12-13,15-16,26-29,32-33H2,(H,52,59)(H2,51,53,54). The van der Waals surface area contributed by atoms with Gasteiger partial charge in [0, 0.05) is 67.6 Å². The fourth-order valence-corrected chi connectivity index (χ4v) is 7.93. The molecule has 0 radical (unpaired) electrons. The Hall–Kier alpha value is -7.04. The number of hydrogen-bond acceptors (Lipinski definition) is 7. The van der Waals surface area contributed by atoms with Gasteiger partial charge in [0.15, 0.2) is 0 Å². The van der Waals surface area contributed by atoms with Gasteiger partial charge in [-0.3, -0.25) is 9.59 Å². The average Bonchev–Trinajstić information content (AvgIpc) is 3.79. The molecule has 3 N–H and O–H groups in total. The smallest absolute Gasteiger partial charge is 0.251 e. The number of carbonyl (C=O) groups excluding carboxylic acids is 4. The first-order chi connectivity index (χ1) is 29.5. The summed E-state index contributed by atoms with van der Waals surface area (Å²) in [6.07, 6.45) is 11.0. The van der Waals surface area contributed by atoms with Gasteiger partial charge in [-0.05, 0) is 72.9 Å². The number of fused-ring (bicyclic) bond motifs is 1. The molecule has 10 heteroatoms. The van der Waals surface area contributed by atoms with Crippen molar-refractivity contribution in [3.63, 3.8) is 0 Å². The molecule has 2 amide bonds. The molecule has 60 heavy (non-hydrogen) atoms. The van der Waals surface area contributed by atoms with E-state index in [4.69, 9.17) is 10.7 Å². The summed E-state index contributed by atoms with van der Waals surface area (Å²) in [4.78, 5) is 58.6. The number of nitrogens with one attached hydrogen (secondary N) is 1. The van der Waals surface area contributed by atoms with E-state index >= 15 is 0 Å². The maximum Gasteiger partial charge on any atom is 0.251 e. The van der Waals surface area contributed by atoms with E-state index in [1.54, 1.807) is 4.90 Å². The molecular weight excluding hydrogens is 749 g/mol. The van der Waals surface area contributed by atoms with Crippen molar-refractivity contribution in [1.29, 1.82) is 0 Å². The second-order valence-corrected chi connectivity index (χ2v) is 15.0. The third-order valence-electron chi connectivity index (χ3n) is 10.9. The van der Waals surface area contributed by atoms with Crippen molar-refractivity contribution in [2.75, 3.05) is 18.8 Å². The van der Waals surface area contributed by atoms with Crippen LogP contribution in [0.3, 0.4) is 0 Å². The highest BCUT2D eigenvalue weighted by molar-refractivity contribution is 6.08. The summed E-state index contributed by atoms with van der Waals surface area (Å²) in [5.74, 6) is 13.3. The number of rotatable bonds is 16. The van der Waals surface area contributed by atoms with Crippen LogP contribution in [-0.4, -0.2) is 63.0 Å². The molecule has 0 saturated heterocycles. The summed E-state index contributed by atoms with van der Waals surface area (Å²) in [6.45, 7) is 1.50. The molecule has 5 aromatic rings. The number of aromatic nitrogens is 3. The van der Waals surface area contributed by atoms with Crippen LogP contribution in [0, 0.1) is 23.7 Å². The van der Waals surface area contributed by atoms with Gasteiger partial charge in [-0.1, -0.05) is 103 Å². The highest BCUT2D eigenvalue weighted by Gasteiger charge is 2.36. The fourth-order valence-electron chi connectivity index (χ4n) is 7.93. The molecule has 3 heterocycles. The Morgan fingerprint density at radius 1 is 0.883 bits per heavy atom. The molecule has 7 rings (SSSR count). The predicted octanol–water partition coefficient (Wildman–Crippen LogP) is 7.61. The zero-order valence-corrected chi connectivity index (χ0v) is 33.7. The minimum Gasteiger partial charge on any atom is -0.383 e. The van der Waals surface area contributed by atoms with Crippen molar-refractivity contribution in [3.8, 4) is 46.1 Å². The quantitative estimate of drug-likeness (QED) is 0.0595. The zero-order chi connectivity index (χ0) is 41.7. The number of nitrogen functional groups attached to an aromatic ring is 1. The van der Waals surface area contributed by atoms with Gasteiger partial charge in [0.1, 0.15) is 30.4 Å². The summed E-state index contributed by atoms with van der Waals surface area (Å²) in [7, 11) is 0. The molecule has 1 aliphatic carbocycles. The van der Waals surface area contributed by atoms with E-state index in [0.717, 1.165) is 99.5 Å². The summed E-state index contributed by atoms with van der Waals surface area (Å²) in [5, 5.41) is 3.85. The number of benzene rings is 3. The number of unbranched alkanes of at least 4 members (excludes halogenated alkanes) is 3. The second kappa shape index (κ2) is 20.1. The SMILES string of the molecule is Nc1ncnc2c1c(-c1ccccc1)c(-c1ccccc1)n2Cc1cccc(C#CCCCCNC(=O)CCCC#CC2=CCCC3=C2CN(C(C=O)CCC=O)C3=O)c1. The number of hydrogen-bond donors (Lipinski definition) is 2. The first kappa shape index (κ1) is 41.1. The molecule has 1 atom stereocenters. The van der Waals surface area contributed by atoms with Crippen LogP contribution in [0.1, 0.15) is 75.3 Å². The Morgan fingerprint density at radius 2 is 1.65 bits per heavy atom. The van der Waals surface area contributed by atoms with E-state index in [-0.39, 0.29) is 18.2 Å². The lowest BCUT2D eigenvalue weighted by molar-refractivity contribution is -0.131. The monoisotopic (exact) mass is 796 g/mol. The second-order valence-electron chi connectivity index (χ2n) is 15.0. The van der Waals surface area contributed by atoms with Crippen LogP contribution < -0.4 is 11.1 Å². The summed E-state index contributed by atoms with van der Waals surface area (Å²) in [6, 6.07) is 28.2. The number of nitrogens with two attached hydrogens (primary N) is 1. The lowest BCUT2D eigenvalue weighted by Crippen LogP contribution is -2.39. The lowest BCUT2D eigenvalue weighted by Gasteiger charge is -2.23. The largest absolute Gasteiger partial charge is 0.383 e. The van der Waals surface area contributed by atoms with Gasteiger partial charge >= 0.3 is 0 Å². The number of amides is 2. The first-order valence-corrected chi connectivity index (χ1v) is 20.7. The third-order valence-corrected chi connectivity index (χ3v) is 10.9. The van der Waals surface area contributed by atoms with Crippen LogP contribution in [0.5, 0.6) is 0 Å². The maximum atomic E-state index is 13.0. The highest BCUT2D eigenvalue weighted by Crippen LogP contribution is 2.42. The summed E-state index contributed by atoms with van der Waals surface area (Å²) in [5.41, 5.74) is 15.9. The number of carbonyl (C=O) groups is 4. The zero-order valence-electron chi connectivity index (χ0n) is 33.7. The van der Waals surface area contributed by atoms with Crippen LogP contribution in [0.15, 0.2) is 114 Å². The Labute approximate surface area is 351 Å². The van der Waals surface area contributed by atoms with E-state index in [0.29, 0.717) is 57.6 Å². The van der Waals surface area contributed by atoms with Crippen LogP contribution in [0.2, 0.25) is 0 Å². The van der Waals surface area contributed by atoms with Crippen LogP contribution in [0.25, 0.3) is 33.4 Å². The molecule has 3 aromatic carbocycles. The molecular formula is C50H48N6O4. The van der Waals surface area contributed by atoms with Crippen LogP contribution >= 0.6 is 0 Å². The van der Waals surface area contributed by atoms with Gasteiger partial charge in [0.05, 0.1) is 17.1 Å². The average molecular weight is 797 g/mol. The normalized spacial score (nSPS) is 13.8. The third kappa shape index (κ3) is 9.62. The fraction of sp³-hybridized carbons (Fsp3) is 0.280. The number of anilines is 1. The van der Waals surface area contributed by atoms with Crippen LogP contribution in [0.4, 0.5) is 5.82 Å². The molecule has 0 saturated carbocycles. The molecule has 0 spiro atoms. The minimum atomic E-state index is -0.608. The highest BCUT2D eigenvalue weighted by atomic mass is 16.2. The molecule has 2 aromatic heterocycles. The molecule has 0 fully saturated rings. The molecule has 10 nitrogen and oxygen atoms in total. The van der Waals surface area contributed by atoms with Crippen molar-refractivity contribution in [2.24, 2.45) is 0 Å². The Kier molecular flexibility index (Phi) is 13.8. The van der Waals surface area contributed by atoms with Gasteiger partial charge in [0.2, 0.25) is 5.91 Å². The van der Waals surface area contributed by atoms with Gasteiger partial charge in [-0.2, -0.15) is 0 Å². The van der Waals surface area contributed by atoms with Gasteiger partial charge in [0.25, 0.3) is 5.91 Å². The van der Waals surface area contributed by atoms with Crippen molar-refractivity contribution in [1.82, 2.24) is 24.8 Å². The Morgan fingerprint density at radius 3 is 2.43 bits per heavy atom. The van der Waals surface area contributed by atoms with Crippen molar-refractivity contribution >= 4 is 41.2 Å². The first-order valence-electron chi connectivity index (χ1n) is 20.7. The van der Waals surface area contributed by atoms with Gasteiger partial charge in [-0.25, -0.2) is 9.97 Å². The molecule has 302 valence electrons. The predicted molar refractivity (Wildman–Crippen MR) is 235 cm³/mol. The lowest BCUT2D eigenvalue weighted by atomic mass is 9.93. The molecule has 1 aliphatic heterocycles. The van der Waals surface area contributed by atoms with E-state index in [2.05, 4.69) is 74.9 Å². The number of allylic oxidation sites excluding steroid dienone is 1. The van der Waals surface area contributed by atoms with Crippen molar-refractivity contribution in [2.45, 2.75) is 76.8 Å². The van der Waals surface area contributed by atoms with Crippen molar-refractivity contribution in [3.05, 3.63) is 125 Å². The number of nitrogens with zero attached hydrogens (tertiary/aromatic N) is 4. The van der Waals surface area contributed by atoms with E-state index in [1.807, 2.05) is 54.6 Å². The minimum absolute atomic E-state index is 0.00441. The Balaban J connectivity index is 0.881. The Bertz CT molecular complexity index is 2570. The van der Waals surface area contributed by atoms with Gasteiger partial charge < -0.3 is 30.1 Å². The summed E-state index contributed by atoms with van der Waals surface area (Å²) < 4.78 is 2.22. The molecule has 1 unspecified atom stereocenters. The number of aldehydes is 2.